The van der Waals surface area contributed by atoms with E-state index in [1.54, 1.807) is 18.2 Å². The van der Waals surface area contributed by atoms with Crippen LogP contribution in [0.3, 0.4) is 0 Å². The van der Waals surface area contributed by atoms with E-state index in [0.29, 0.717) is 24.5 Å². The van der Waals surface area contributed by atoms with E-state index in [1.807, 2.05) is 6.92 Å². The van der Waals surface area contributed by atoms with Crippen molar-refractivity contribution in [3.05, 3.63) is 58.8 Å². The van der Waals surface area contributed by atoms with Gasteiger partial charge < -0.3 is 15.4 Å². The fourth-order valence-electron chi connectivity index (χ4n) is 5.09. The number of nitrogens with zero attached hydrogens (tertiary/aromatic N) is 3. The molecule has 2 aliphatic rings. The maximum absolute atomic E-state index is 14.4. The van der Waals surface area contributed by atoms with Crippen LogP contribution in [0.25, 0.3) is 5.65 Å². The number of aromatic nitrogens is 3. The summed E-state index contributed by atoms with van der Waals surface area (Å²) in [5.74, 6) is -1.03. The summed E-state index contributed by atoms with van der Waals surface area (Å²) in [6.07, 6.45) is 4.98. The lowest BCUT2D eigenvalue weighted by Crippen LogP contribution is -2.34. The number of carbonyl (C=O) groups excluding carboxylic acids is 4. The minimum atomic E-state index is -0.754. The number of amides is 2. The van der Waals surface area contributed by atoms with E-state index in [4.69, 9.17) is 4.74 Å². The second-order valence-corrected chi connectivity index (χ2v) is 9.78. The second kappa shape index (κ2) is 10.7. The number of halogens is 1. The first-order chi connectivity index (χ1) is 18.3. The highest BCUT2D eigenvalue weighted by molar-refractivity contribution is 5.98. The molecule has 0 spiro atoms. The molecule has 0 radical (unpaired) electrons. The van der Waals surface area contributed by atoms with Crippen LogP contribution < -0.4 is 15.4 Å². The Kier molecular flexibility index (Phi) is 7.17. The van der Waals surface area contributed by atoms with Crippen LogP contribution in [0.4, 0.5) is 4.39 Å². The molecule has 1 aliphatic heterocycles. The summed E-state index contributed by atoms with van der Waals surface area (Å²) in [6, 6.07) is 6.47. The van der Waals surface area contributed by atoms with E-state index in [1.165, 1.54) is 6.07 Å². The average Bonchev–Trinajstić information content (AvgIpc) is 3.50. The van der Waals surface area contributed by atoms with Gasteiger partial charge in [-0.05, 0) is 49.3 Å². The smallest absolute Gasteiger partial charge is 0.315 e. The van der Waals surface area contributed by atoms with Crippen molar-refractivity contribution >= 4 is 29.2 Å². The van der Waals surface area contributed by atoms with Crippen molar-refractivity contribution in [1.29, 1.82) is 0 Å². The monoisotopic (exact) mass is 521 g/mol. The van der Waals surface area contributed by atoms with Gasteiger partial charge in [0.25, 0.3) is 11.8 Å². The normalized spacial score (nSPS) is 18.6. The van der Waals surface area contributed by atoms with Crippen LogP contribution in [0.5, 0.6) is 5.75 Å². The highest BCUT2D eigenvalue weighted by atomic mass is 19.1. The maximum atomic E-state index is 14.4. The van der Waals surface area contributed by atoms with E-state index in [2.05, 4.69) is 20.7 Å². The first-order valence-electron chi connectivity index (χ1n) is 12.8. The highest BCUT2D eigenvalue weighted by Gasteiger charge is 2.26. The third-order valence-corrected chi connectivity index (χ3v) is 7.23. The topological polar surface area (TPSA) is 132 Å². The third-order valence-electron chi connectivity index (χ3n) is 7.23. The van der Waals surface area contributed by atoms with Crippen LogP contribution in [-0.2, 0) is 22.6 Å². The number of Topliss-reactive ketones (excluding diaryl/α,β-unsaturated/α-hetero) is 1. The zero-order valence-electron chi connectivity index (χ0n) is 21.0. The van der Waals surface area contributed by atoms with Gasteiger partial charge in [0.2, 0.25) is 0 Å². The van der Waals surface area contributed by atoms with E-state index in [9.17, 15) is 23.6 Å². The van der Waals surface area contributed by atoms with Crippen LogP contribution in [0.1, 0.15) is 71.1 Å². The molecule has 0 saturated heterocycles. The predicted octanol–water partition coefficient (Wildman–Crippen LogP) is 2.78. The Balaban J connectivity index is 1.26. The van der Waals surface area contributed by atoms with Crippen molar-refractivity contribution in [2.45, 2.75) is 52.0 Å². The minimum absolute atomic E-state index is 0.00733. The number of ketones is 1. The number of fused-ring (bicyclic) bond motifs is 2. The van der Waals surface area contributed by atoms with Gasteiger partial charge in [-0.1, -0.05) is 13.0 Å². The average molecular weight is 522 g/mol. The SMILES string of the molecule is CCC(=O)C1CCC(CNC(=O)c2cc(C(=O)NCc3ccc4c(c3)CC(=O)O4)nc3c(F)cnn23)CC1. The Bertz CT molecular complexity index is 1430. The van der Waals surface area contributed by atoms with Crippen molar-refractivity contribution in [1.82, 2.24) is 25.2 Å². The quantitative estimate of drug-likeness (QED) is 0.344. The van der Waals surface area contributed by atoms with Gasteiger partial charge in [0.15, 0.2) is 11.5 Å². The first kappa shape index (κ1) is 25.5. The number of ether oxygens (including phenoxy) is 1. The molecule has 11 heteroatoms. The van der Waals surface area contributed by atoms with E-state index in [-0.39, 0.29) is 47.8 Å². The Morgan fingerprint density at radius 2 is 1.89 bits per heavy atom. The first-order valence-corrected chi connectivity index (χ1v) is 12.8. The Morgan fingerprint density at radius 1 is 1.11 bits per heavy atom. The van der Waals surface area contributed by atoms with Gasteiger partial charge in [-0.3, -0.25) is 19.2 Å². The zero-order chi connectivity index (χ0) is 26.8. The molecule has 198 valence electrons. The zero-order valence-corrected chi connectivity index (χ0v) is 21.0. The van der Waals surface area contributed by atoms with Gasteiger partial charge in [0, 0.05) is 37.1 Å². The van der Waals surface area contributed by atoms with Crippen molar-refractivity contribution in [2.75, 3.05) is 6.54 Å². The number of nitrogens with one attached hydrogen (secondary N) is 2. The number of hydrogen-bond donors (Lipinski definition) is 2. The lowest BCUT2D eigenvalue weighted by molar-refractivity contribution is -0.131. The van der Waals surface area contributed by atoms with Gasteiger partial charge in [-0.25, -0.2) is 13.9 Å². The van der Waals surface area contributed by atoms with Crippen molar-refractivity contribution in [3.8, 4) is 5.75 Å². The van der Waals surface area contributed by atoms with E-state index < -0.39 is 17.6 Å². The maximum Gasteiger partial charge on any atom is 0.315 e. The third kappa shape index (κ3) is 5.27. The minimum Gasteiger partial charge on any atom is -0.426 e. The number of carbonyl (C=O) groups is 4. The lowest BCUT2D eigenvalue weighted by atomic mass is 9.79. The Hall–Kier alpha value is -4.15. The fraction of sp³-hybridized carbons (Fsp3) is 0.407. The molecular weight excluding hydrogens is 493 g/mol. The number of hydrogen-bond acceptors (Lipinski definition) is 7. The molecule has 3 aromatic rings. The van der Waals surface area contributed by atoms with Crippen molar-refractivity contribution in [2.24, 2.45) is 11.8 Å². The van der Waals surface area contributed by atoms with Crippen LogP contribution in [-0.4, -0.2) is 44.7 Å². The van der Waals surface area contributed by atoms with Crippen LogP contribution in [0.15, 0.2) is 30.5 Å². The van der Waals surface area contributed by atoms with Gasteiger partial charge in [-0.15, -0.1) is 0 Å². The molecule has 0 bridgehead atoms. The molecule has 38 heavy (non-hydrogen) atoms. The molecule has 10 nitrogen and oxygen atoms in total. The van der Waals surface area contributed by atoms with Gasteiger partial charge in [-0.2, -0.15) is 5.10 Å². The highest BCUT2D eigenvalue weighted by Crippen LogP contribution is 2.30. The summed E-state index contributed by atoms with van der Waals surface area (Å²) >= 11 is 0. The Labute approximate surface area is 218 Å². The summed E-state index contributed by atoms with van der Waals surface area (Å²) in [5.41, 5.74) is 1.13. The molecule has 2 N–H and O–H groups in total. The molecule has 1 saturated carbocycles. The standard InChI is InChI=1S/C27H28FN5O5/c1-2-22(34)17-6-3-15(4-7-17)12-30-27(37)21-11-20(32-25-19(28)14-31-33(21)25)26(36)29-13-16-5-8-23-18(9-16)10-24(35)38-23/h5,8-9,11,14-15,17H,2-4,6-7,10,12-13H2,1H3,(H,29,36)(H,30,37). The molecule has 1 aliphatic carbocycles. The fourth-order valence-corrected chi connectivity index (χ4v) is 5.09. The van der Waals surface area contributed by atoms with Gasteiger partial charge in [0.05, 0.1) is 12.6 Å². The van der Waals surface area contributed by atoms with E-state index >= 15 is 0 Å². The molecule has 1 aromatic carbocycles. The molecule has 3 heterocycles. The molecule has 0 unspecified atom stereocenters. The predicted molar refractivity (Wildman–Crippen MR) is 133 cm³/mol. The molecule has 2 aromatic heterocycles. The number of esters is 1. The molecule has 5 rings (SSSR count). The van der Waals surface area contributed by atoms with Crippen molar-refractivity contribution in [3.63, 3.8) is 0 Å². The summed E-state index contributed by atoms with van der Waals surface area (Å²) in [4.78, 5) is 53.5. The summed E-state index contributed by atoms with van der Waals surface area (Å²) in [5, 5.41) is 9.51. The number of rotatable bonds is 8. The van der Waals surface area contributed by atoms with Crippen LogP contribution in [0.2, 0.25) is 0 Å². The number of benzene rings is 1. The van der Waals surface area contributed by atoms with Crippen LogP contribution in [0, 0.1) is 17.7 Å². The summed E-state index contributed by atoms with van der Waals surface area (Å²) < 4.78 is 20.5. The van der Waals surface area contributed by atoms with Gasteiger partial charge in [0.1, 0.15) is 22.9 Å². The summed E-state index contributed by atoms with van der Waals surface area (Å²) in [6.45, 7) is 2.42. The van der Waals surface area contributed by atoms with Crippen molar-refractivity contribution < 1.29 is 28.3 Å². The van der Waals surface area contributed by atoms with E-state index in [0.717, 1.165) is 47.5 Å². The van der Waals surface area contributed by atoms with Gasteiger partial charge >= 0.3 is 5.97 Å². The van der Waals surface area contributed by atoms with Crippen LogP contribution >= 0.6 is 0 Å². The summed E-state index contributed by atoms with van der Waals surface area (Å²) in [7, 11) is 0. The lowest BCUT2D eigenvalue weighted by Gasteiger charge is -2.27. The molecule has 1 fully saturated rings. The molecule has 0 atom stereocenters. The molecular formula is C27H28FN5O5. The molecule has 2 amide bonds. The second-order valence-electron chi connectivity index (χ2n) is 9.78. The Morgan fingerprint density at radius 3 is 2.66 bits per heavy atom. The largest absolute Gasteiger partial charge is 0.426 e.